The highest BCUT2D eigenvalue weighted by molar-refractivity contribution is 6.10. The smallest absolute Gasteiger partial charge is 0.325 e. The van der Waals surface area contributed by atoms with Crippen LogP contribution in [0.15, 0.2) is 36.4 Å². The van der Waals surface area contributed by atoms with Gasteiger partial charge in [0.05, 0.1) is 13.2 Å². The molecule has 0 radical (unpaired) electrons. The average molecular weight is 423 g/mol. The van der Waals surface area contributed by atoms with Gasteiger partial charge < -0.3 is 20.1 Å². The Morgan fingerprint density at radius 2 is 1.77 bits per heavy atom. The number of nitrogens with zero attached hydrogens (tertiary/aromatic N) is 1. The van der Waals surface area contributed by atoms with Crippen molar-refractivity contribution >= 4 is 23.5 Å². The number of anilines is 1. The molecule has 0 spiro atoms. The summed E-state index contributed by atoms with van der Waals surface area (Å²) in [4.78, 5) is 39.3. The molecular weight excluding hydrogens is 398 g/mol. The largest absolute Gasteiger partial charge is 0.490 e. The van der Waals surface area contributed by atoms with E-state index < -0.39 is 23.4 Å². The zero-order valence-electron chi connectivity index (χ0n) is 17.8. The van der Waals surface area contributed by atoms with E-state index in [1.807, 2.05) is 32.0 Å². The number of nitrogens with one attached hydrogen (secondary N) is 2. The molecule has 162 valence electrons. The monoisotopic (exact) mass is 423 g/mol. The molecule has 1 atom stereocenters. The van der Waals surface area contributed by atoms with Gasteiger partial charge in [0, 0.05) is 12.1 Å². The maximum Gasteiger partial charge on any atom is 0.325 e. The number of hydrogen-bond acceptors (Lipinski definition) is 5. The number of hydrogen-bond donors (Lipinski definition) is 2. The van der Waals surface area contributed by atoms with Gasteiger partial charge in [0.25, 0.3) is 5.91 Å². The molecule has 0 bridgehead atoms. The Labute approximate surface area is 180 Å². The van der Waals surface area contributed by atoms with Gasteiger partial charge in [0.2, 0.25) is 5.91 Å². The first-order valence-electron chi connectivity index (χ1n) is 10.2. The third-order valence-corrected chi connectivity index (χ3v) is 5.65. The first kappa shape index (κ1) is 20.7. The molecule has 2 aliphatic rings. The van der Waals surface area contributed by atoms with Crippen LogP contribution in [-0.4, -0.2) is 42.5 Å². The summed E-state index contributed by atoms with van der Waals surface area (Å²) in [5, 5.41) is 5.53. The SMILES string of the molecule is Cc1cccc(C)c1NC(=O)CN1C(=O)N[C@](C)(c2ccc3c(c2)OCCCO3)C1=O. The minimum atomic E-state index is -1.30. The molecule has 1 fully saturated rings. The fourth-order valence-corrected chi connectivity index (χ4v) is 3.84. The lowest BCUT2D eigenvalue weighted by Crippen LogP contribution is -2.42. The van der Waals surface area contributed by atoms with Crippen LogP contribution in [0.1, 0.15) is 30.0 Å². The van der Waals surface area contributed by atoms with E-state index in [1.54, 1.807) is 25.1 Å². The van der Waals surface area contributed by atoms with Gasteiger partial charge in [-0.05, 0) is 49.6 Å². The van der Waals surface area contributed by atoms with Crippen molar-refractivity contribution in [1.29, 1.82) is 0 Å². The highest BCUT2D eigenvalue weighted by Gasteiger charge is 2.49. The van der Waals surface area contributed by atoms with Crippen molar-refractivity contribution in [2.45, 2.75) is 32.7 Å². The predicted octanol–water partition coefficient (Wildman–Crippen LogP) is 2.87. The van der Waals surface area contributed by atoms with E-state index in [0.29, 0.717) is 36.0 Å². The molecule has 4 amide bonds. The minimum Gasteiger partial charge on any atom is -0.490 e. The van der Waals surface area contributed by atoms with Crippen LogP contribution in [0.3, 0.4) is 0 Å². The number of ether oxygens (including phenoxy) is 2. The van der Waals surface area contributed by atoms with Crippen LogP contribution in [0.2, 0.25) is 0 Å². The number of para-hydroxylation sites is 1. The lowest BCUT2D eigenvalue weighted by Gasteiger charge is -2.23. The Kier molecular flexibility index (Phi) is 5.31. The molecule has 2 heterocycles. The van der Waals surface area contributed by atoms with Crippen LogP contribution in [-0.2, 0) is 15.1 Å². The second kappa shape index (κ2) is 7.94. The van der Waals surface area contributed by atoms with Gasteiger partial charge in [-0.3, -0.25) is 14.5 Å². The summed E-state index contributed by atoms with van der Waals surface area (Å²) in [6.45, 7) is 6.09. The predicted molar refractivity (Wildman–Crippen MR) is 114 cm³/mol. The van der Waals surface area contributed by atoms with Crippen molar-refractivity contribution < 1.29 is 23.9 Å². The van der Waals surface area contributed by atoms with E-state index in [9.17, 15) is 14.4 Å². The Morgan fingerprint density at radius 3 is 2.48 bits per heavy atom. The van der Waals surface area contributed by atoms with Crippen molar-refractivity contribution in [3.8, 4) is 11.5 Å². The molecule has 2 aromatic carbocycles. The normalized spacial score (nSPS) is 20.3. The zero-order valence-corrected chi connectivity index (χ0v) is 17.8. The van der Waals surface area contributed by atoms with E-state index in [4.69, 9.17) is 9.47 Å². The molecule has 2 N–H and O–H groups in total. The van der Waals surface area contributed by atoms with E-state index in [0.717, 1.165) is 22.4 Å². The number of amides is 4. The molecule has 1 saturated heterocycles. The maximum atomic E-state index is 13.2. The number of carbonyl (C=O) groups is 3. The van der Waals surface area contributed by atoms with Crippen molar-refractivity contribution in [3.05, 3.63) is 53.1 Å². The number of carbonyl (C=O) groups excluding carboxylic acids is 3. The lowest BCUT2D eigenvalue weighted by atomic mass is 9.91. The Balaban J connectivity index is 1.53. The van der Waals surface area contributed by atoms with Gasteiger partial charge in [-0.15, -0.1) is 0 Å². The second-order valence-electron chi connectivity index (χ2n) is 7.97. The zero-order chi connectivity index (χ0) is 22.2. The molecule has 8 heteroatoms. The summed E-state index contributed by atoms with van der Waals surface area (Å²) in [5.41, 5.74) is 1.75. The van der Waals surface area contributed by atoms with Crippen LogP contribution < -0.4 is 20.1 Å². The number of benzene rings is 2. The van der Waals surface area contributed by atoms with Gasteiger partial charge in [-0.2, -0.15) is 0 Å². The van der Waals surface area contributed by atoms with Gasteiger partial charge in [-0.25, -0.2) is 4.79 Å². The Morgan fingerprint density at radius 1 is 1.10 bits per heavy atom. The molecular formula is C23H25N3O5. The standard InChI is InChI=1S/C23H25N3O5/c1-14-6-4-7-15(2)20(14)24-19(27)13-26-21(28)23(3,25-22(26)29)16-8-9-17-18(12-16)31-11-5-10-30-17/h4,6-9,12H,5,10-11,13H2,1-3H3,(H,24,27)(H,25,29)/t23-/m1/s1. The third kappa shape index (κ3) is 3.81. The molecule has 0 unspecified atom stereocenters. The first-order chi connectivity index (χ1) is 14.8. The number of fused-ring (bicyclic) bond motifs is 1. The Hall–Kier alpha value is -3.55. The van der Waals surface area contributed by atoms with Crippen LogP contribution in [0.25, 0.3) is 0 Å². The highest BCUT2D eigenvalue weighted by atomic mass is 16.5. The van der Waals surface area contributed by atoms with Crippen molar-refractivity contribution in [2.24, 2.45) is 0 Å². The summed E-state index contributed by atoms with van der Waals surface area (Å²) >= 11 is 0. The number of imide groups is 1. The fourth-order valence-electron chi connectivity index (χ4n) is 3.84. The molecule has 2 aliphatic heterocycles. The summed E-state index contributed by atoms with van der Waals surface area (Å²) in [7, 11) is 0. The minimum absolute atomic E-state index is 0.376. The molecule has 4 rings (SSSR count). The summed E-state index contributed by atoms with van der Waals surface area (Å²) in [6.07, 6.45) is 0.764. The van der Waals surface area contributed by atoms with E-state index >= 15 is 0 Å². The number of urea groups is 1. The van der Waals surface area contributed by atoms with Gasteiger partial charge >= 0.3 is 6.03 Å². The van der Waals surface area contributed by atoms with Crippen LogP contribution in [0.5, 0.6) is 11.5 Å². The quantitative estimate of drug-likeness (QED) is 0.737. The van der Waals surface area contributed by atoms with Gasteiger partial charge in [-0.1, -0.05) is 24.3 Å². The van der Waals surface area contributed by atoms with Gasteiger partial charge in [0.15, 0.2) is 11.5 Å². The van der Waals surface area contributed by atoms with Crippen LogP contribution in [0.4, 0.5) is 10.5 Å². The maximum absolute atomic E-state index is 13.2. The second-order valence-corrected chi connectivity index (χ2v) is 7.97. The average Bonchev–Trinajstić information content (AvgIpc) is 2.90. The molecule has 2 aromatic rings. The molecule has 31 heavy (non-hydrogen) atoms. The number of aryl methyl sites for hydroxylation is 2. The molecule has 8 nitrogen and oxygen atoms in total. The van der Waals surface area contributed by atoms with Crippen molar-refractivity contribution in [2.75, 3.05) is 25.1 Å². The topological polar surface area (TPSA) is 97.0 Å². The van der Waals surface area contributed by atoms with Crippen molar-refractivity contribution in [3.63, 3.8) is 0 Å². The number of rotatable bonds is 4. The molecule has 0 aliphatic carbocycles. The molecule has 0 saturated carbocycles. The van der Waals surface area contributed by atoms with Crippen molar-refractivity contribution in [1.82, 2.24) is 10.2 Å². The van der Waals surface area contributed by atoms with Gasteiger partial charge in [0.1, 0.15) is 12.1 Å². The fraction of sp³-hybridized carbons (Fsp3) is 0.348. The van der Waals surface area contributed by atoms with E-state index in [-0.39, 0.29) is 6.54 Å². The summed E-state index contributed by atoms with van der Waals surface area (Å²) < 4.78 is 11.3. The van der Waals surface area contributed by atoms with Crippen LogP contribution >= 0.6 is 0 Å². The first-order valence-corrected chi connectivity index (χ1v) is 10.2. The highest BCUT2D eigenvalue weighted by Crippen LogP contribution is 2.36. The van der Waals surface area contributed by atoms with Crippen LogP contribution in [0, 0.1) is 13.8 Å². The third-order valence-electron chi connectivity index (χ3n) is 5.65. The Bertz CT molecular complexity index is 1050. The molecule has 0 aromatic heterocycles. The summed E-state index contributed by atoms with van der Waals surface area (Å²) in [6, 6.07) is 10.2. The van der Waals surface area contributed by atoms with E-state index in [1.165, 1.54) is 0 Å². The van der Waals surface area contributed by atoms with E-state index in [2.05, 4.69) is 10.6 Å². The summed E-state index contributed by atoms with van der Waals surface area (Å²) in [5.74, 6) is 0.198. The lowest BCUT2D eigenvalue weighted by molar-refractivity contribution is -0.133.